The van der Waals surface area contributed by atoms with Crippen LogP contribution in [0, 0.1) is 6.92 Å². The summed E-state index contributed by atoms with van der Waals surface area (Å²) in [5.74, 6) is 0.0642. The molecule has 4 heteroatoms. The van der Waals surface area contributed by atoms with Gasteiger partial charge in [0, 0.05) is 24.2 Å². The molecule has 1 saturated heterocycles. The van der Waals surface area contributed by atoms with Gasteiger partial charge in [0.15, 0.2) is 0 Å². The van der Waals surface area contributed by atoms with Gasteiger partial charge in [-0.2, -0.15) is 0 Å². The van der Waals surface area contributed by atoms with Gasteiger partial charge < -0.3 is 10.2 Å². The number of benzene rings is 2. The monoisotopic (exact) mass is 336 g/mol. The molecular weight excluding hydrogens is 312 g/mol. The van der Waals surface area contributed by atoms with Crippen LogP contribution in [0.1, 0.15) is 53.7 Å². The Morgan fingerprint density at radius 3 is 2.36 bits per heavy atom. The van der Waals surface area contributed by atoms with Crippen LogP contribution in [0.4, 0.5) is 5.69 Å². The lowest BCUT2D eigenvalue weighted by molar-refractivity contribution is -0.117. The molecule has 1 N–H and O–H groups in total. The summed E-state index contributed by atoms with van der Waals surface area (Å²) in [7, 11) is 0. The standard InChI is InChI=1S/C21H24N2O2/c1-3-19(16-8-6-15(2)7-9-16)22-21(25)17-10-12-18(13-11-17)23-14-4-5-20(23)24/h6-13,19H,3-5,14H2,1-2H3,(H,22,25)/t19-/m0/s1. The highest BCUT2D eigenvalue weighted by molar-refractivity contribution is 5.97. The van der Waals surface area contributed by atoms with Gasteiger partial charge in [0.1, 0.15) is 0 Å². The van der Waals surface area contributed by atoms with Crippen LogP contribution in [0.25, 0.3) is 0 Å². The van der Waals surface area contributed by atoms with Crippen molar-refractivity contribution in [2.75, 3.05) is 11.4 Å². The number of rotatable bonds is 5. The predicted octanol–water partition coefficient (Wildman–Crippen LogP) is 4.00. The second kappa shape index (κ2) is 7.51. The molecule has 25 heavy (non-hydrogen) atoms. The average molecular weight is 336 g/mol. The number of hydrogen-bond acceptors (Lipinski definition) is 2. The Morgan fingerprint density at radius 2 is 1.80 bits per heavy atom. The highest BCUT2D eigenvalue weighted by Crippen LogP contribution is 2.22. The molecule has 2 amide bonds. The number of aryl methyl sites for hydroxylation is 1. The topological polar surface area (TPSA) is 49.4 Å². The molecule has 1 heterocycles. The van der Waals surface area contributed by atoms with Crippen molar-refractivity contribution in [1.29, 1.82) is 0 Å². The van der Waals surface area contributed by atoms with Crippen molar-refractivity contribution in [1.82, 2.24) is 5.32 Å². The number of nitrogens with one attached hydrogen (secondary N) is 1. The zero-order chi connectivity index (χ0) is 17.8. The molecule has 0 saturated carbocycles. The van der Waals surface area contributed by atoms with Crippen LogP contribution < -0.4 is 10.2 Å². The van der Waals surface area contributed by atoms with Crippen LogP contribution in [0.15, 0.2) is 48.5 Å². The molecule has 0 radical (unpaired) electrons. The van der Waals surface area contributed by atoms with E-state index in [9.17, 15) is 9.59 Å². The van der Waals surface area contributed by atoms with Crippen molar-refractivity contribution >= 4 is 17.5 Å². The van der Waals surface area contributed by atoms with Crippen LogP contribution in [-0.4, -0.2) is 18.4 Å². The molecule has 0 spiro atoms. The molecule has 0 unspecified atom stereocenters. The Bertz CT molecular complexity index is 750. The summed E-state index contributed by atoms with van der Waals surface area (Å²) in [5, 5.41) is 3.10. The number of carbonyl (C=O) groups is 2. The third-order valence-electron chi connectivity index (χ3n) is 4.71. The van der Waals surface area contributed by atoms with E-state index in [4.69, 9.17) is 0 Å². The molecule has 4 nitrogen and oxygen atoms in total. The first-order chi connectivity index (χ1) is 12.1. The SMILES string of the molecule is CC[C@H](NC(=O)c1ccc(N2CCCC2=O)cc1)c1ccc(C)cc1. The lowest BCUT2D eigenvalue weighted by Crippen LogP contribution is -2.28. The molecule has 2 aromatic rings. The van der Waals surface area contributed by atoms with Gasteiger partial charge in [-0.15, -0.1) is 0 Å². The molecular formula is C21H24N2O2. The second-order valence-corrected chi connectivity index (χ2v) is 6.54. The summed E-state index contributed by atoms with van der Waals surface area (Å²) in [6, 6.07) is 15.5. The van der Waals surface area contributed by atoms with Crippen molar-refractivity contribution in [3.8, 4) is 0 Å². The van der Waals surface area contributed by atoms with E-state index in [1.807, 2.05) is 12.1 Å². The fraction of sp³-hybridized carbons (Fsp3) is 0.333. The summed E-state index contributed by atoms with van der Waals surface area (Å²) < 4.78 is 0. The van der Waals surface area contributed by atoms with Crippen molar-refractivity contribution in [3.63, 3.8) is 0 Å². The van der Waals surface area contributed by atoms with Crippen LogP contribution in [0.3, 0.4) is 0 Å². The number of carbonyl (C=O) groups excluding carboxylic acids is 2. The molecule has 130 valence electrons. The Balaban J connectivity index is 1.69. The summed E-state index contributed by atoms with van der Waals surface area (Å²) in [6.45, 7) is 4.87. The molecule has 1 atom stereocenters. The summed E-state index contributed by atoms with van der Waals surface area (Å²) in [6.07, 6.45) is 2.34. The maximum atomic E-state index is 12.6. The zero-order valence-corrected chi connectivity index (χ0v) is 14.8. The molecule has 2 aromatic carbocycles. The van der Waals surface area contributed by atoms with E-state index >= 15 is 0 Å². The Kier molecular flexibility index (Phi) is 5.17. The van der Waals surface area contributed by atoms with Crippen LogP contribution in [0.5, 0.6) is 0 Å². The second-order valence-electron chi connectivity index (χ2n) is 6.54. The average Bonchev–Trinajstić information content (AvgIpc) is 3.06. The largest absolute Gasteiger partial charge is 0.345 e. The molecule has 1 fully saturated rings. The lowest BCUT2D eigenvalue weighted by Gasteiger charge is -2.19. The minimum absolute atomic E-state index is 0.00654. The smallest absolute Gasteiger partial charge is 0.251 e. The molecule has 0 bridgehead atoms. The van der Waals surface area contributed by atoms with Gasteiger partial charge in [0.2, 0.25) is 5.91 Å². The van der Waals surface area contributed by atoms with E-state index in [2.05, 4.69) is 43.4 Å². The first-order valence-electron chi connectivity index (χ1n) is 8.86. The Labute approximate surface area is 148 Å². The van der Waals surface area contributed by atoms with E-state index in [-0.39, 0.29) is 17.9 Å². The van der Waals surface area contributed by atoms with E-state index < -0.39 is 0 Å². The Hall–Kier alpha value is -2.62. The lowest BCUT2D eigenvalue weighted by atomic mass is 10.0. The molecule has 1 aliphatic rings. The van der Waals surface area contributed by atoms with Crippen molar-refractivity contribution in [2.45, 2.75) is 39.2 Å². The van der Waals surface area contributed by atoms with Gasteiger partial charge in [-0.05, 0) is 49.6 Å². The van der Waals surface area contributed by atoms with E-state index in [1.165, 1.54) is 5.56 Å². The van der Waals surface area contributed by atoms with Crippen LogP contribution >= 0.6 is 0 Å². The molecule has 0 aromatic heterocycles. The fourth-order valence-electron chi connectivity index (χ4n) is 3.18. The number of hydrogen-bond donors (Lipinski definition) is 1. The maximum absolute atomic E-state index is 12.6. The first-order valence-corrected chi connectivity index (χ1v) is 8.86. The summed E-state index contributed by atoms with van der Waals surface area (Å²) in [4.78, 5) is 26.1. The molecule has 3 rings (SSSR count). The normalized spacial score (nSPS) is 15.3. The third-order valence-corrected chi connectivity index (χ3v) is 4.71. The molecule has 1 aliphatic heterocycles. The summed E-state index contributed by atoms with van der Waals surface area (Å²) >= 11 is 0. The van der Waals surface area contributed by atoms with Gasteiger partial charge in [-0.25, -0.2) is 0 Å². The predicted molar refractivity (Wildman–Crippen MR) is 99.7 cm³/mol. The van der Waals surface area contributed by atoms with Crippen LogP contribution in [-0.2, 0) is 4.79 Å². The maximum Gasteiger partial charge on any atom is 0.251 e. The first kappa shape index (κ1) is 17.2. The van der Waals surface area contributed by atoms with Crippen LogP contribution in [0.2, 0.25) is 0 Å². The van der Waals surface area contributed by atoms with E-state index in [0.29, 0.717) is 12.0 Å². The highest BCUT2D eigenvalue weighted by atomic mass is 16.2. The number of anilines is 1. The Morgan fingerprint density at radius 1 is 1.12 bits per heavy atom. The highest BCUT2D eigenvalue weighted by Gasteiger charge is 2.22. The zero-order valence-electron chi connectivity index (χ0n) is 14.8. The van der Waals surface area contributed by atoms with Gasteiger partial charge in [0.25, 0.3) is 5.91 Å². The fourth-order valence-corrected chi connectivity index (χ4v) is 3.18. The van der Waals surface area contributed by atoms with Gasteiger partial charge in [-0.1, -0.05) is 36.8 Å². The third kappa shape index (κ3) is 3.90. The van der Waals surface area contributed by atoms with Crippen molar-refractivity contribution in [2.24, 2.45) is 0 Å². The number of amides is 2. The molecule has 0 aliphatic carbocycles. The van der Waals surface area contributed by atoms with E-state index in [0.717, 1.165) is 30.6 Å². The van der Waals surface area contributed by atoms with Gasteiger partial charge in [0.05, 0.1) is 6.04 Å². The minimum Gasteiger partial charge on any atom is -0.345 e. The van der Waals surface area contributed by atoms with E-state index in [1.54, 1.807) is 17.0 Å². The van der Waals surface area contributed by atoms with Gasteiger partial charge >= 0.3 is 0 Å². The minimum atomic E-state index is -0.0910. The summed E-state index contributed by atoms with van der Waals surface area (Å²) in [5.41, 5.74) is 3.79. The van der Waals surface area contributed by atoms with Crippen molar-refractivity contribution < 1.29 is 9.59 Å². The van der Waals surface area contributed by atoms with Crippen molar-refractivity contribution in [3.05, 3.63) is 65.2 Å². The quantitative estimate of drug-likeness (QED) is 0.897. The number of nitrogens with zero attached hydrogens (tertiary/aromatic N) is 1. The van der Waals surface area contributed by atoms with Gasteiger partial charge in [-0.3, -0.25) is 9.59 Å².